The molecule has 1 N–H and O–H groups in total. The summed E-state index contributed by atoms with van der Waals surface area (Å²) in [4.78, 5) is 33.3. The average molecular weight is 600 g/mol. The lowest BCUT2D eigenvalue weighted by Crippen LogP contribution is -2.13. The van der Waals surface area contributed by atoms with Crippen LogP contribution >= 0.6 is 22.6 Å². The van der Waals surface area contributed by atoms with Crippen LogP contribution < -0.4 is 14.8 Å². The highest BCUT2D eigenvalue weighted by atomic mass is 127. The van der Waals surface area contributed by atoms with E-state index in [9.17, 15) is 30.3 Å². The van der Waals surface area contributed by atoms with Gasteiger partial charge in [-0.3, -0.25) is 25.0 Å². The number of nitrogens with zero attached hydrogens (tertiary/aromatic N) is 3. The lowest BCUT2D eigenvalue weighted by atomic mass is 10.1. The number of carbonyl (C=O) groups is 1. The minimum absolute atomic E-state index is 0.0233. The number of hydrogen-bond acceptors (Lipinski definition) is 8. The van der Waals surface area contributed by atoms with Crippen molar-refractivity contribution in [3.8, 4) is 17.6 Å². The second kappa shape index (κ2) is 11.8. The van der Waals surface area contributed by atoms with E-state index in [0.29, 0.717) is 26.2 Å². The normalized spacial score (nSPS) is 10.8. The number of methoxy groups -OCH3 is 1. The molecule has 0 radical (unpaired) electrons. The number of anilines is 1. The molecular formula is C24H17IN4O7. The van der Waals surface area contributed by atoms with E-state index in [0.717, 1.165) is 0 Å². The molecule has 0 heterocycles. The van der Waals surface area contributed by atoms with Crippen LogP contribution in [0.2, 0.25) is 0 Å². The number of halogens is 1. The number of hydrogen-bond donors (Lipinski definition) is 1. The summed E-state index contributed by atoms with van der Waals surface area (Å²) in [7, 11) is 1.44. The number of non-ortho nitro benzene ring substituents is 2. The van der Waals surface area contributed by atoms with Gasteiger partial charge in [-0.15, -0.1) is 0 Å². The summed E-state index contributed by atoms with van der Waals surface area (Å²) < 4.78 is 11.9. The van der Waals surface area contributed by atoms with Crippen LogP contribution in [0.4, 0.5) is 17.1 Å². The Bertz CT molecular complexity index is 1400. The Morgan fingerprint density at radius 3 is 2.39 bits per heavy atom. The van der Waals surface area contributed by atoms with Crippen molar-refractivity contribution in [3.05, 3.63) is 101 Å². The smallest absolute Gasteiger partial charge is 0.271 e. The first-order valence-electron chi connectivity index (χ1n) is 10.1. The zero-order valence-electron chi connectivity index (χ0n) is 18.6. The Balaban J connectivity index is 1.79. The highest BCUT2D eigenvalue weighted by Gasteiger charge is 2.15. The van der Waals surface area contributed by atoms with Gasteiger partial charge in [0.2, 0.25) is 0 Å². The van der Waals surface area contributed by atoms with Crippen LogP contribution in [0.5, 0.6) is 11.5 Å². The molecular weight excluding hydrogens is 583 g/mol. The first-order valence-corrected chi connectivity index (χ1v) is 11.2. The molecule has 1 amide bonds. The van der Waals surface area contributed by atoms with Crippen molar-refractivity contribution in [2.75, 3.05) is 12.4 Å². The maximum absolute atomic E-state index is 12.6. The third-order valence-electron chi connectivity index (χ3n) is 4.77. The number of rotatable bonds is 9. The lowest BCUT2D eigenvalue weighted by Gasteiger charge is -2.14. The maximum atomic E-state index is 12.6. The molecule has 0 aliphatic heterocycles. The zero-order chi connectivity index (χ0) is 26.2. The van der Waals surface area contributed by atoms with E-state index in [2.05, 4.69) is 5.32 Å². The number of nitrogens with one attached hydrogen (secondary N) is 1. The summed E-state index contributed by atoms with van der Waals surface area (Å²) in [6, 6.07) is 16.4. The molecule has 0 saturated heterocycles. The molecule has 0 aliphatic carbocycles. The fourth-order valence-corrected chi connectivity index (χ4v) is 3.82. The summed E-state index contributed by atoms with van der Waals surface area (Å²) >= 11 is 2.03. The van der Waals surface area contributed by atoms with Gasteiger partial charge >= 0.3 is 0 Å². The Labute approximate surface area is 218 Å². The van der Waals surface area contributed by atoms with Gasteiger partial charge in [0, 0.05) is 30.0 Å². The van der Waals surface area contributed by atoms with Crippen LogP contribution in [0.15, 0.2) is 66.2 Å². The van der Waals surface area contributed by atoms with Crippen LogP contribution in [0.25, 0.3) is 6.08 Å². The van der Waals surface area contributed by atoms with Crippen LogP contribution in [0.3, 0.4) is 0 Å². The second-order valence-electron chi connectivity index (χ2n) is 7.18. The van der Waals surface area contributed by atoms with Crippen molar-refractivity contribution < 1.29 is 24.1 Å². The SMILES string of the molecule is COc1cc(/C=C(/C#N)C(=O)Nc2cccc([N+](=O)[O-])c2)cc(I)c1OCc1ccc([N+](=O)[O-])cc1. The molecule has 12 heteroatoms. The molecule has 3 aromatic rings. The van der Waals surface area contributed by atoms with E-state index < -0.39 is 15.8 Å². The molecule has 0 saturated carbocycles. The van der Waals surface area contributed by atoms with Crippen LogP contribution in [-0.4, -0.2) is 22.9 Å². The molecule has 36 heavy (non-hydrogen) atoms. The van der Waals surface area contributed by atoms with E-state index in [1.165, 1.54) is 49.6 Å². The summed E-state index contributed by atoms with van der Waals surface area (Å²) in [5.41, 5.74) is 0.942. The molecule has 0 spiro atoms. The van der Waals surface area contributed by atoms with E-state index in [-0.39, 0.29) is 29.2 Å². The van der Waals surface area contributed by atoms with E-state index >= 15 is 0 Å². The van der Waals surface area contributed by atoms with Gasteiger partial charge in [-0.25, -0.2) is 0 Å². The van der Waals surface area contributed by atoms with Gasteiger partial charge in [0.25, 0.3) is 17.3 Å². The maximum Gasteiger partial charge on any atom is 0.271 e. The molecule has 3 rings (SSSR count). The van der Waals surface area contributed by atoms with E-state index in [1.54, 1.807) is 24.3 Å². The van der Waals surface area contributed by atoms with Gasteiger partial charge in [-0.1, -0.05) is 6.07 Å². The number of nitro groups is 2. The fourth-order valence-electron chi connectivity index (χ4n) is 3.04. The van der Waals surface area contributed by atoms with Gasteiger partial charge in [0.15, 0.2) is 11.5 Å². The van der Waals surface area contributed by atoms with Crippen molar-refractivity contribution in [3.63, 3.8) is 0 Å². The summed E-state index contributed by atoms with van der Waals surface area (Å²) in [5.74, 6) is 0.0464. The molecule has 0 bridgehead atoms. The topological polar surface area (TPSA) is 158 Å². The highest BCUT2D eigenvalue weighted by molar-refractivity contribution is 14.1. The third-order valence-corrected chi connectivity index (χ3v) is 5.57. The molecule has 0 atom stereocenters. The largest absolute Gasteiger partial charge is 0.493 e. The van der Waals surface area contributed by atoms with Gasteiger partial charge in [0.1, 0.15) is 18.2 Å². The van der Waals surface area contributed by atoms with Crippen LogP contribution in [-0.2, 0) is 11.4 Å². The average Bonchev–Trinajstić information content (AvgIpc) is 2.86. The molecule has 0 fully saturated rings. The highest BCUT2D eigenvalue weighted by Crippen LogP contribution is 2.35. The Morgan fingerprint density at radius 2 is 1.78 bits per heavy atom. The Kier molecular flexibility index (Phi) is 8.52. The first kappa shape index (κ1) is 26.1. The molecule has 0 aliphatic rings. The lowest BCUT2D eigenvalue weighted by molar-refractivity contribution is -0.385. The van der Waals surface area contributed by atoms with Gasteiger partial charge in [-0.05, 0) is 70.1 Å². The number of nitriles is 1. The summed E-state index contributed by atoms with van der Waals surface area (Å²) in [6.07, 6.45) is 1.36. The first-order chi connectivity index (χ1) is 17.2. The molecule has 11 nitrogen and oxygen atoms in total. The number of ether oxygens (including phenoxy) is 2. The fraction of sp³-hybridized carbons (Fsp3) is 0.0833. The number of nitro benzene ring substituents is 2. The van der Waals surface area contributed by atoms with Crippen molar-refractivity contribution in [2.45, 2.75) is 6.61 Å². The molecule has 182 valence electrons. The van der Waals surface area contributed by atoms with Crippen molar-refractivity contribution in [1.29, 1.82) is 5.26 Å². The van der Waals surface area contributed by atoms with Crippen molar-refractivity contribution in [2.24, 2.45) is 0 Å². The van der Waals surface area contributed by atoms with Gasteiger partial charge in [0.05, 0.1) is 20.5 Å². The number of amides is 1. The van der Waals surface area contributed by atoms with Gasteiger partial charge in [-0.2, -0.15) is 5.26 Å². The minimum atomic E-state index is -0.731. The molecule has 0 aromatic heterocycles. The van der Waals surface area contributed by atoms with Gasteiger partial charge < -0.3 is 14.8 Å². The number of benzene rings is 3. The zero-order valence-corrected chi connectivity index (χ0v) is 20.8. The number of carbonyl (C=O) groups excluding carboxylic acids is 1. The minimum Gasteiger partial charge on any atom is -0.493 e. The van der Waals surface area contributed by atoms with E-state index in [4.69, 9.17) is 9.47 Å². The van der Waals surface area contributed by atoms with E-state index in [1.807, 2.05) is 28.7 Å². The molecule has 0 unspecified atom stereocenters. The van der Waals surface area contributed by atoms with Crippen LogP contribution in [0, 0.1) is 35.1 Å². The Morgan fingerprint density at radius 1 is 1.08 bits per heavy atom. The summed E-state index contributed by atoms with van der Waals surface area (Å²) in [5, 5.41) is 33.7. The monoisotopic (exact) mass is 600 g/mol. The standard InChI is InChI=1S/C24H17IN4O7/c1-35-22-11-16(9-17(13-26)24(30)27-18-3-2-4-20(12-18)29(33)34)10-21(25)23(22)36-14-15-5-7-19(8-6-15)28(31)32/h2-12H,14H2,1H3,(H,27,30)/b17-9-. The van der Waals surface area contributed by atoms with Crippen LogP contribution in [0.1, 0.15) is 11.1 Å². The third kappa shape index (κ3) is 6.54. The van der Waals surface area contributed by atoms with Crippen molar-refractivity contribution >= 4 is 51.6 Å². The predicted octanol–water partition coefficient (Wildman–Crippen LogP) is 5.24. The molecule has 3 aromatic carbocycles. The predicted molar refractivity (Wildman–Crippen MR) is 138 cm³/mol. The quantitative estimate of drug-likeness (QED) is 0.115. The second-order valence-corrected chi connectivity index (χ2v) is 8.34. The Hall–Kier alpha value is -4.51. The van der Waals surface area contributed by atoms with Crippen molar-refractivity contribution in [1.82, 2.24) is 0 Å². The summed E-state index contributed by atoms with van der Waals surface area (Å²) in [6.45, 7) is 0.134.